The van der Waals surface area contributed by atoms with Crippen molar-refractivity contribution in [2.75, 3.05) is 5.32 Å². The first kappa shape index (κ1) is 19.1. The van der Waals surface area contributed by atoms with Crippen LogP contribution in [0.2, 0.25) is 0 Å². The quantitative estimate of drug-likeness (QED) is 0.598. The van der Waals surface area contributed by atoms with E-state index in [1.54, 1.807) is 0 Å². The minimum Gasteiger partial charge on any atom is -0.345 e. The van der Waals surface area contributed by atoms with Crippen LogP contribution in [0.15, 0.2) is 30.0 Å². The van der Waals surface area contributed by atoms with Crippen molar-refractivity contribution < 1.29 is 4.79 Å². The number of amides is 1. The van der Waals surface area contributed by atoms with Crippen LogP contribution in [0.1, 0.15) is 53.1 Å². The molecule has 5 nitrogen and oxygen atoms in total. The number of fused-ring (bicyclic) bond motifs is 1. The Morgan fingerprint density at radius 1 is 1.30 bits per heavy atom. The van der Waals surface area contributed by atoms with Gasteiger partial charge in [0.15, 0.2) is 5.13 Å². The van der Waals surface area contributed by atoms with Crippen LogP contribution in [0, 0.1) is 25.2 Å². The first-order valence-corrected chi connectivity index (χ1v) is 10.0. The molecule has 1 unspecified atom stereocenters. The number of hydrogen-bond acceptors (Lipinski definition) is 5. The van der Waals surface area contributed by atoms with Crippen molar-refractivity contribution in [3.05, 3.63) is 57.2 Å². The lowest BCUT2D eigenvalue weighted by molar-refractivity contribution is -0.117. The fraction of sp³-hybridized carbons (Fsp3) is 0.381. The number of nitriles is 1. The predicted octanol–water partition coefficient (Wildman–Crippen LogP) is 4.34. The molecule has 140 valence electrons. The molecule has 1 aromatic heterocycles. The van der Waals surface area contributed by atoms with E-state index >= 15 is 0 Å². The van der Waals surface area contributed by atoms with Crippen molar-refractivity contribution in [2.24, 2.45) is 0 Å². The summed E-state index contributed by atoms with van der Waals surface area (Å²) in [7, 11) is 0. The second-order valence-corrected chi connectivity index (χ2v) is 8.11. The number of aryl methyl sites for hydroxylation is 4. The monoisotopic (exact) mass is 380 g/mol. The molecule has 0 fully saturated rings. The minimum absolute atomic E-state index is 0.0327. The molecule has 0 saturated heterocycles. The number of anilines is 1. The Balaban J connectivity index is 1.67. The van der Waals surface area contributed by atoms with Crippen LogP contribution in [-0.4, -0.2) is 10.9 Å². The summed E-state index contributed by atoms with van der Waals surface area (Å²) in [5, 5.41) is 15.9. The first-order chi connectivity index (χ1) is 13.0. The maximum atomic E-state index is 12.5. The molecule has 2 N–H and O–H groups in total. The Morgan fingerprint density at radius 2 is 2.04 bits per heavy atom. The van der Waals surface area contributed by atoms with Crippen LogP contribution in [0.25, 0.3) is 0 Å². The summed E-state index contributed by atoms with van der Waals surface area (Å²) in [5.74, 6) is -0.389. The van der Waals surface area contributed by atoms with Crippen molar-refractivity contribution in [2.45, 2.75) is 52.5 Å². The van der Waals surface area contributed by atoms with Gasteiger partial charge in [0, 0.05) is 11.1 Å². The van der Waals surface area contributed by atoms with Crippen LogP contribution in [0.3, 0.4) is 0 Å². The second-order valence-electron chi connectivity index (χ2n) is 6.91. The van der Waals surface area contributed by atoms with Gasteiger partial charge in [0.05, 0.1) is 11.7 Å². The van der Waals surface area contributed by atoms with Gasteiger partial charge in [0.2, 0.25) is 0 Å². The molecule has 27 heavy (non-hydrogen) atoms. The zero-order chi connectivity index (χ0) is 19.4. The average Bonchev–Trinajstić information content (AvgIpc) is 2.99. The Labute approximate surface area is 164 Å². The van der Waals surface area contributed by atoms with Crippen molar-refractivity contribution in [1.82, 2.24) is 10.3 Å². The summed E-state index contributed by atoms with van der Waals surface area (Å²) >= 11 is 1.49. The van der Waals surface area contributed by atoms with E-state index in [0.717, 1.165) is 29.0 Å². The van der Waals surface area contributed by atoms with Crippen LogP contribution in [0.5, 0.6) is 0 Å². The fourth-order valence-electron chi connectivity index (χ4n) is 3.20. The van der Waals surface area contributed by atoms with E-state index in [-0.39, 0.29) is 17.5 Å². The van der Waals surface area contributed by atoms with Gasteiger partial charge >= 0.3 is 0 Å². The van der Waals surface area contributed by atoms with Crippen LogP contribution < -0.4 is 10.6 Å². The number of carbonyl (C=O) groups excluding carboxylic acids is 1. The van der Waals surface area contributed by atoms with Crippen LogP contribution in [-0.2, 0) is 17.6 Å². The van der Waals surface area contributed by atoms with Crippen molar-refractivity contribution >= 4 is 22.4 Å². The number of thiazole rings is 1. The smallest absolute Gasteiger partial charge is 0.263 e. The number of rotatable bonds is 5. The lowest BCUT2D eigenvalue weighted by Gasteiger charge is -2.20. The summed E-state index contributed by atoms with van der Waals surface area (Å²) in [6.45, 7) is 5.86. The maximum absolute atomic E-state index is 12.5. The highest BCUT2D eigenvalue weighted by Crippen LogP contribution is 2.25. The molecular weight excluding hydrogens is 356 g/mol. The van der Waals surface area contributed by atoms with Gasteiger partial charge in [-0.15, -0.1) is 11.3 Å². The Bertz CT molecular complexity index is 903. The van der Waals surface area contributed by atoms with Crippen molar-refractivity contribution in [3.63, 3.8) is 0 Å². The summed E-state index contributed by atoms with van der Waals surface area (Å²) in [6.07, 6.45) is 6.13. The molecule has 1 amide bonds. The van der Waals surface area contributed by atoms with Gasteiger partial charge in [0.1, 0.15) is 11.6 Å². The molecule has 0 bridgehead atoms. The number of hydrogen-bond donors (Lipinski definition) is 2. The molecule has 2 aromatic rings. The van der Waals surface area contributed by atoms with E-state index in [9.17, 15) is 10.1 Å². The summed E-state index contributed by atoms with van der Waals surface area (Å²) < 4.78 is 0. The fourth-order valence-corrected chi connectivity index (χ4v) is 3.98. The van der Waals surface area contributed by atoms with Gasteiger partial charge in [-0.25, -0.2) is 4.98 Å². The Morgan fingerprint density at radius 3 is 2.70 bits per heavy atom. The standard InChI is InChI=1S/C21H24N4OS/c1-13-15(3)27-21(25-13)23-12-19(11-22)20(26)24-14(2)17-9-8-16-6-4-5-7-18(16)10-17/h8-10,12,14H,4-7H2,1-3H3,(H,23,25)(H,24,26)/b19-12-. The molecule has 1 heterocycles. The summed E-state index contributed by atoms with van der Waals surface area (Å²) in [4.78, 5) is 17.9. The molecule has 0 saturated carbocycles. The van der Waals surface area contributed by atoms with Crippen molar-refractivity contribution in [3.8, 4) is 6.07 Å². The summed E-state index contributed by atoms with van der Waals surface area (Å²) in [5.41, 5.74) is 4.84. The first-order valence-electron chi connectivity index (χ1n) is 9.21. The molecule has 0 radical (unpaired) electrons. The third-order valence-electron chi connectivity index (χ3n) is 4.95. The van der Waals surface area contributed by atoms with Gasteiger partial charge in [-0.1, -0.05) is 18.2 Å². The van der Waals surface area contributed by atoms with E-state index in [1.165, 1.54) is 41.5 Å². The predicted molar refractivity (Wildman–Crippen MR) is 109 cm³/mol. The van der Waals surface area contributed by atoms with Gasteiger partial charge in [-0.3, -0.25) is 4.79 Å². The van der Waals surface area contributed by atoms with Crippen LogP contribution in [0.4, 0.5) is 5.13 Å². The molecule has 3 rings (SSSR count). The normalized spacial score (nSPS) is 14.8. The average molecular weight is 381 g/mol. The molecular formula is C21H24N4OS. The number of benzene rings is 1. The number of nitrogens with one attached hydrogen (secondary N) is 2. The minimum atomic E-state index is -0.389. The van der Waals surface area contributed by atoms with E-state index in [2.05, 4.69) is 33.8 Å². The zero-order valence-corrected chi connectivity index (χ0v) is 16.7. The molecule has 1 aliphatic rings. The lowest BCUT2D eigenvalue weighted by Crippen LogP contribution is -2.28. The Kier molecular flexibility index (Phi) is 5.92. The third kappa shape index (κ3) is 4.55. The van der Waals surface area contributed by atoms with E-state index in [4.69, 9.17) is 0 Å². The summed E-state index contributed by atoms with van der Waals surface area (Å²) in [6, 6.07) is 8.23. The van der Waals surface area contributed by atoms with Crippen molar-refractivity contribution in [1.29, 1.82) is 5.26 Å². The highest BCUT2D eigenvalue weighted by Gasteiger charge is 2.16. The highest BCUT2D eigenvalue weighted by molar-refractivity contribution is 7.15. The van der Waals surface area contributed by atoms with Gasteiger partial charge < -0.3 is 10.6 Å². The van der Waals surface area contributed by atoms with E-state index < -0.39 is 0 Å². The number of nitrogens with zero attached hydrogens (tertiary/aromatic N) is 2. The topological polar surface area (TPSA) is 77.8 Å². The number of carbonyl (C=O) groups is 1. The van der Waals surface area contributed by atoms with E-state index in [0.29, 0.717) is 5.13 Å². The molecule has 1 aliphatic carbocycles. The third-order valence-corrected chi connectivity index (χ3v) is 5.96. The molecule has 1 atom stereocenters. The molecule has 0 spiro atoms. The highest BCUT2D eigenvalue weighted by atomic mass is 32.1. The molecule has 6 heteroatoms. The maximum Gasteiger partial charge on any atom is 0.263 e. The second kappa shape index (κ2) is 8.36. The van der Waals surface area contributed by atoms with Gasteiger partial charge in [-0.2, -0.15) is 5.26 Å². The SMILES string of the molecule is Cc1nc(N/C=C(/C#N)C(=O)NC(C)c2ccc3c(c2)CCCC3)sc1C. The molecule has 1 aromatic carbocycles. The lowest BCUT2D eigenvalue weighted by atomic mass is 9.89. The van der Waals surface area contributed by atoms with Gasteiger partial charge in [-0.05, 0) is 63.1 Å². The van der Waals surface area contributed by atoms with E-state index in [1.807, 2.05) is 26.8 Å². The Hall–Kier alpha value is -2.65. The van der Waals surface area contributed by atoms with Gasteiger partial charge in [0.25, 0.3) is 5.91 Å². The largest absolute Gasteiger partial charge is 0.345 e. The van der Waals surface area contributed by atoms with Crippen LogP contribution >= 0.6 is 11.3 Å². The zero-order valence-electron chi connectivity index (χ0n) is 15.9. The number of aromatic nitrogens is 1. The molecule has 0 aliphatic heterocycles.